The number of carbonyl (C=O) groups excluding carboxylic acids is 1. The molecule has 0 spiro atoms. The van der Waals surface area contributed by atoms with Crippen LogP contribution in [0.4, 0.5) is 0 Å². The van der Waals surface area contributed by atoms with Crippen LogP contribution in [0.2, 0.25) is 0 Å². The predicted molar refractivity (Wildman–Crippen MR) is 64.8 cm³/mol. The van der Waals surface area contributed by atoms with Gasteiger partial charge in [0.1, 0.15) is 5.78 Å². The first-order valence-electron chi connectivity index (χ1n) is 6.38. The van der Waals surface area contributed by atoms with Gasteiger partial charge in [-0.25, -0.2) is 0 Å². The fraction of sp³-hybridized carbons (Fsp3) is 0.929. The van der Waals surface area contributed by atoms with Gasteiger partial charge in [-0.15, -0.1) is 0 Å². The number of carbonyl (C=O) groups is 1. The molecule has 0 radical (unpaired) electrons. The molecule has 0 aromatic rings. The van der Waals surface area contributed by atoms with E-state index in [1.807, 2.05) is 0 Å². The minimum atomic E-state index is 0.304. The summed E-state index contributed by atoms with van der Waals surface area (Å²) in [5, 5.41) is 0. The Kier molecular flexibility index (Phi) is 4.36. The van der Waals surface area contributed by atoms with Crippen LogP contribution in [0.3, 0.4) is 0 Å². The maximum atomic E-state index is 11.8. The van der Waals surface area contributed by atoms with Gasteiger partial charge in [0, 0.05) is 12.8 Å². The Balaban J connectivity index is 2.19. The normalized spacial score (nSPS) is 26.9. The zero-order valence-electron chi connectivity index (χ0n) is 10.8. The number of hydrogen-bond donors (Lipinski definition) is 0. The highest BCUT2D eigenvalue weighted by atomic mass is 16.1. The van der Waals surface area contributed by atoms with Crippen LogP contribution in [0, 0.1) is 17.3 Å². The third-order valence-corrected chi connectivity index (χ3v) is 3.47. The summed E-state index contributed by atoms with van der Waals surface area (Å²) in [6, 6.07) is 0. The molecule has 0 N–H and O–H groups in total. The van der Waals surface area contributed by atoms with Gasteiger partial charge in [0.2, 0.25) is 0 Å². The highest BCUT2D eigenvalue weighted by molar-refractivity contribution is 5.78. The number of rotatable bonds is 4. The number of hydrogen-bond acceptors (Lipinski definition) is 1. The van der Waals surface area contributed by atoms with Crippen molar-refractivity contribution >= 4 is 5.78 Å². The molecule has 2 atom stereocenters. The Bertz CT molecular complexity index is 212. The molecule has 1 rings (SSSR count). The standard InChI is InChI=1S/C14H26O/c1-11-5-6-12(9-11)10-13(15)7-8-14(2,3)4/h11-12H,5-10H2,1-4H3. The van der Waals surface area contributed by atoms with E-state index < -0.39 is 0 Å². The van der Waals surface area contributed by atoms with Gasteiger partial charge in [-0.05, 0) is 36.5 Å². The van der Waals surface area contributed by atoms with Crippen molar-refractivity contribution in [2.45, 2.75) is 66.2 Å². The summed E-state index contributed by atoms with van der Waals surface area (Å²) >= 11 is 0. The lowest BCUT2D eigenvalue weighted by Crippen LogP contribution is -2.11. The summed E-state index contributed by atoms with van der Waals surface area (Å²) in [5.41, 5.74) is 0.304. The second-order valence-electron chi connectivity index (χ2n) is 6.59. The van der Waals surface area contributed by atoms with Crippen LogP contribution in [0.15, 0.2) is 0 Å². The highest BCUT2D eigenvalue weighted by Gasteiger charge is 2.23. The van der Waals surface area contributed by atoms with Crippen molar-refractivity contribution in [2.75, 3.05) is 0 Å². The van der Waals surface area contributed by atoms with Gasteiger partial charge >= 0.3 is 0 Å². The highest BCUT2D eigenvalue weighted by Crippen LogP contribution is 2.33. The van der Waals surface area contributed by atoms with Crippen LogP contribution in [0.5, 0.6) is 0 Å². The molecule has 1 aliphatic rings. The molecule has 0 heterocycles. The zero-order valence-corrected chi connectivity index (χ0v) is 10.8. The second-order valence-corrected chi connectivity index (χ2v) is 6.59. The van der Waals surface area contributed by atoms with E-state index in [9.17, 15) is 4.79 Å². The van der Waals surface area contributed by atoms with E-state index >= 15 is 0 Å². The zero-order chi connectivity index (χ0) is 11.5. The summed E-state index contributed by atoms with van der Waals surface area (Å²) in [7, 11) is 0. The summed E-state index contributed by atoms with van der Waals surface area (Å²) in [6.07, 6.45) is 6.56. The quantitative estimate of drug-likeness (QED) is 0.679. The maximum absolute atomic E-state index is 11.8. The minimum absolute atomic E-state index is 0.304. The van der Waals surface area contributed by atoms with Crippen molar-refractivity contribution < 1.29 is 4.79 Å². The predicted octanol–water partition coefficient (Wildman–Crippen LogP) is 4.21. The van der Waals surface area contributed by atoms with Gasteiger partial charge in [0.15, 0.2) is 0 Å². The van der Waals surface area contributed by atoms with E-state index in [-0.39, 0.29) is 0 Å². The molecular weight excluding hydrogens is 184 g/mol. The first-order chi connectivity index (χ1) is 6.87. The van der Waals surface area contributed by atoms with Crippen molar-refractivity contribution in [3.63, 3.8) is 0 Å². The van der Waals surface area contributed by atoms with Crippen molar-refractivity contribution in [2.24, 2.45) is 17.3 Å². The lowest BCUT2D eigenvalue weighted by atomic mass is 9.88. The van der Waals surface area contributed by atoms with E-state index in [1.165, 1.54) is 19.3 Å². The molecule has 0 bridgehead atoms. The van der Waals surface area contributed by atoms with E-state index in [1.54, 1.807) is 0 Å². The Morgan fingerprint density at radius 3 is 2.40 bits per heavy atom. The van der Waals surface area contributed by atoms with E-state index in [0.29, 0.717) is 17.1 Å². The smallest absolute Gasteiger partial charge is 0.133 e. The van der Waals surface area contributed by atoms with Crippen molar-refractivity contribution in [1.82, 2.24) is 0 Å². The average Bonchev–Trinajstić information content (AvgIpc) is 2.47. The lowest BCUT2D eigenvalue weighted by molar-refractivity contribution is -0.120. The van der Waals surface area contributed by atoms with Crippen molar-refractivity contribution in [3.8, 4) is 0 Å². The van der Waals surface area contributed by atoms with Crippen LogP contribution in [-0.4, -0.2) is 5.78 Å². The van der Waals surface area contributed by atoms with E-state index in [2.05, 4.69) is 27.7 Å². The van der Waals surface area contributed by atoms with Gasteiger partial charge in [-0.3, -0.25) is 4.79 Å². The van der Waals surface area contributed by atoms with E-state index in [0.717, 1.165) is 25.2 Å². The third kappa shape index (κ3) is 5.34. The molecule has 1 aliphatic carbocycles. The van der Waals surface area contributed by atoms with Crippen LogP contribution >= 0.6 is 0 Å². The number of ketones is 1. The van der Waals surface area contributed by atoms with Gasteiger partial charge in [0.25, 0.3) is 0 Å². The molecule has 1 nitrogen and oxygen atoms in total. The lowest BCUT2D eigenvalue weighted by Gasteiger charge is -2.17. The molecule has 2 unspecified atom stereocenters. The van der Waals surface area contributed by atoms with Crippen LogP contribution < -0.4 is 0 Å². The fourth-order valence-electron chi connectivity index (χ4n) is 2.45. The molecular formula is C14H26O. The fourth-order valence-corrected chi connectivity index (χ4v) is 2.45. The molecule has 15 heavy (non-hydrogen) atoms. The van der Waals surface area contributed by atoms with Crippen molar-refractivity contribution in [1.29, 1.82) is 0 Å². The third-order valence-electron chi connectivity index (χ3n) is 3.47. The van der Waals surface area contributed by atoms with Crippen LogP contribution in [0.1, 0.15) is 66.2 Å². The summed E-state index contributed by atoms with van der Waals surface area (Å²) in [6.45, 7) is 8.92. The SMILES string of the molecule is CC1CCC(CC(=O)CCC(C)(C)C)C1. The van der Waals surface area contributed by atoms with Gasteiger partial charge in [-0.2, -0.15) is 0 Å². The van der Waals surface area contributed by atoms with E-state index in [4.69, 9.17) is 0 Å². The van der Waals surface area contributed by atoms with Gasteiger partial charge < -0.3 is 0 Å². The Labute approximate surface area is 94.6 Å². The first-order valence-corrected chi connectivity index (χ1v) is 6.38. The number of Topliss-reactive ketones (excluding diaryl/α,β-unsaturated/α-hetero) is 1. The molecule has 0 aromatic carbocycles. The van der Waals surface area contributed by atoms with Gasteiger partial charge in [-0.1, -0.05) is 34.1 Å². The topological polar surface area (TPSA) is 17.1 Å². The maximum Gasteiger partial charge on any atom is 0.133 e. The molecule has 88 valence electrons. The summed E-state index contributed by atoms with van der Waals surface area (Å²) < 4.78 is 0. The monoisotopic (exact) mass is 210 g/mol. The molecule has 0 aromatic heterocycles. The van der Waals surface area contributed by atoms with Gasteiger partial charge in [0.05, 0.1) is 0 Å². The minimum Gasteiger partial charge on any atom is -0.300 e. The summed E-state index contributed by atoms with van der Waals surface area (Å²) in [5.74, 6) is 2.04. The van der Waals surface area contributed by atoms with Crippen LogP contribution in [-0.2, 0) is 4.79 Å². The van der Waals surface area contributed by atoms with Crippen LogP contribution in [0.25, 0.3) is 0 Å². The molecule has 0 aliphatic heterocycles. The molecule has 0 amide bonds. The first kappa shape index (κ1) is 12.7. The largest absolute Gasteiger partial charge is 0.300 e. The second kappa shape index (κ2) is 5.14. The Morgan fingerprint density at radius 1 is 1.27 bits per heavy atom. The van der Waals surface area contributed by atoms with Crippen molar-refractivity contribution in [3.05, 3.63) is 0 Å². The Hall–Kier alpha value is -0.330. The molecule has 0 saturated heterocycles. The molecule has 1 saturated carbocycles. The molecule has 1 heteroatoms. The Morgan fingerprint density at radius 2 is 1.93 bits per heavy atom. The molecule has 1 fully saturated rings. The average molecular weight is 210 g/mol. The summed E-state index contributed by atoms with van der Waals surface area (Å²) in [4.78, 5) is 11.8.